The van der Waals surface area contributed by atoms with E-state index in [0.29, 0.717) is 0 Å². The van der Waals surface area contributed by atoms with E-state index in [4.69, 9.17) is 0 Å². The standard InChI is InChI=1S/C23H23N3O2/c1-14-6-7-15(2)18(12-14)21(16-8-10-24-11-9-16)26-23(28)19-13-17-4-3-5-20(17)25-22(19)27/h6-13,21H,3-5H2,1-2H3,(H,25,27)(H,26,28)/t21-/m0/s1. The van der Waals surface area contributed by atoms with Crippen LogP contribution in [0.5, 0.6) is 0 Å². The molecule has 2 aromatic heterocycles. The fraction of sp³-hybridized carbons (Fsp3) is 0.261. The minimum Gasteiger partial charge on any atom is -0.341 e. The third-order valence-corrected chi connectivity index (χ3v) is 5.39. The van der Waals surface area contributed by atoms with Crippen LogP contribution in [0.15, 0.2) is 53.6 Å². The number of fused-ring (bicyclic) bond motifs is 1. The van der Waals surface area contributed by atoms with Crippen molar-refractivity contribution in [3.63, 3.8) is 0 Å². The number of aryl methyl sites for hydroxylation is 4. The van der Waals surface area contributed by atoms with Crippen molar-refractivity contribution < 1.29 is 4.79 Å². The van der Waals surface area contributed by atoms with Crippen molar-refractivity contribution in [3.8, 4) is 0 Å². The van der Waals surface area contributed by atoms with E-state index in [2.05, 4.69) is 27.4 Å². The zero-order valence-corrected chi connectivity index (χ0v) is 16.1. The molecule has 0 aliphatic heterocycles. The summed E-state index contributed by atoms with van der Waals surface area (Å²) in [7, 11) is 0. The number of rotatable bonds is 4. The zero-order valence-electron chi connectivity index (χ0n) is 16.1. The molecule has 1 aliphatic rings. The number of aromatic amines is 1. The Morgan fingerprint density at radius 3 is 2.68 bits per heavy atom. The van der Waals surface area contributed by atoms with Gasteiger partial charge in [-0.1, -0.05) is 23.8 Å². The molecule has 3 aromatic rings. The van der Waals surface area contributed by atoms with Crippen molar-refractivity contribution >= 4 is 5.91 Å². The number of carbonyl (C=O) groups excluding carboxylic acids is 1. The number of benzene rings is 1. The van der Waals surface area contributed by atoms with Crippen molar-refractivity contribution in [2.45, 2.75) is 39.2 Å². The normalized spacial score (nSPS) is 13.8. The summed E-state index contributed by atoms with van der Waals surface area (Å²) in [5.41, 5.74) is 6.00. The van der Waals surface area contributed by atoms with Crippen LogP contribution in [0.1, 0.15) is 56.3 Å². The summed E-state index contributed by atoms with van der Waals surface area (Å²) < 4.78 is 0. The molecule has 1 atom stereocenters. The molecule has 1 aromatic carbocycles. The molecule has 5 heteroatoms. The third kappa shape index (κ3) is 3.48. The van der Waals surface area contributed by atoms with Crippen LogP contribution in [0, 0.1) is 13.8 Å². The maximum atomic E-state index is 13.1. The van der Waals surface area contributed by atoms with Crippen molar-refractivity contribution in [2.75, 3.05) is 0 Å². The van der Waals surface area contributed by atoms with Crippen LogP contribution in [-0.4, -0.2) is 15.9 Å². The van der Waals surface area contributed by atoms with Gasteiger partial charge >= 0.3 is 0 Å². The number of nitrogens with zero attached hydrogens (tertiary/aromatic N) is 1. The lowest BCUT2D eigenvalue weighted by molar-refractivity contribution is 0.0941. The van der Waals surface area contributed by atoms with Crippen LogP contribution in [-0.2, 0) is 12.8 Å². The van der Waals surface area contributed by atoms with Gasteiger partial charge in [-0.05, 0) is 73.6 Å². The molecule has 0 saturated carbocycles. The van der Waals surface area contributed by atoms with Gasteiger partial charge in [-0.15, -0.1) is 0 Å². The lowest BCUT2D eigenvalue weighted by atomic mass is 9.93. The summed E-state index contributed by atoms with van der Waals surface area (Å²) >= 11 is 0. The van der Waals surface area contributed by atoms with Gasteiger partial charge in [0, 0.05) is 18.1 Å². The minimum atomic E-state index is -0.362. The average molecular weight is 373 g/mol. The molecule has 0 spiro atoms. The highest BCUT2D eigenvalue weighted by molar-refractivity contribution is 5.94. The Bertz CT molecular complexity index is 1090. The summed E-state index contributed by atoms with van der Waals surface area (Å²) in [6, 6.07) is 11.3. The second-order valence-corrected chi connectivity index (χ2v) is 7.42. The predicted molar refractivity (Wildman–Crippen MR) is 109 cm³/mol. The highest BCUT2D eigenvalue weighted by Crippen LogP contribution is 2.26. The van der Waals surface area contributed by atoms with Gasteiger partial charge in [0.25, 0.3) is 11.5 Å². The van der Waals surface area contributed by atoms with Crippen LogP contribution in [0.4, 0.5) is 0 Å². The molecule has 0 saturated heterocycles. The first-order valence-corrected chi connectivity index (χ1v) is 9.56. The maximum absolute atomic E-state index is 13.1. The fourth-order valence-electron chi connectivity index (χ4n) is 3.86. The number of aromatic nitrogens is 2. The van der Waals surface area contributed by atoms with Crippen LogP contribution in [0.3, 0.4) is 0 Å². The van der Waals surface area contributed by atoms with Crippen molar-refractivity contribution in [1.29, 1.82) is 0 Å². The van der Waals surface area contributed by atoms with Gasteiger partial charge < -0.3 is 10.3 Å². The molecule has 5 nitrogen and oxygen atoms in total. The molecule has 0 bridgehead atoms. The largest absolute Gasteiger partial charge is 0.341 e. The molecule has 28 heavy (non-hydrogen) atoms. The Kier molecular flexibility index (Phi) is 4.82. The number of hydrogen-bond donors (Lipinski definition) is 2. The van der Waals surface area contributed by atoms with E-state index in [1.54, 1.807) is 18.5 Å². The summed E-state index contributed by atoms with van der Waals surface area (Å²) in [6.45, 7) is 4.05. The Labute approximate surface area is 163 Å². The van der Waals surface area contributed by atoms with Gasteiger partial charge in [0.05, 0.1) is 6.04 Å². The Balaban J connectivity index is 1.73. The average Bonchev–Trinajstić information content (AvgIpc) is 3.15. The SMILES string of the molecule is Cc1ccc(C)c([C@@H](NC(=O)c2cc3c([nH]c2=O)CCC3)c2ccncc2)c1. The van der Waals surface area contributed by atoms with E-state index < -0.39 is 0 Å². The number of carbonyl (C=O) groups is 1. The zero-order chi connectivity index (χ0) is 19.7. The Hall–Kier alpha value is -3.21. The molecule has 0 unspecified atom stereocenters. The molecule has 4 rings (SSSR count). The molecule has 1 aliphatic carbocycles. The lowest BCUT2D eigenvalue weighted by Gasteiger charge is -2.22. The maximum Gasteiger partial charge on any atom is 0.261 e. The fourth-order valence-corrected chi connectivity index (χ4v) is 3.86. The molecular formula is C23H23N3O2. The van der Waals surface area contributed by atoms with E-state index in [9.17, 15) is 9.59 Å². The topological polar surface area (TPSA) is 74.8 Å². The van der Waals surface area contributed by atoms with Crippen LogP contribution < -0.4 is 10.9 Å². The first kappa shape index (κ1) is 18.2. The van der Waals surface area contributed by atoms with Crippen LogP contribution in [0.25, 0.3) is 0 Å². The van der Waals surface area contributed by atoms with E-state index >= 15 is 0 Å². The molecule has 2 heterocycles. The van der Waals surface area contributed by atoms with E-state index in [-0.39, 0.29) is 23.1 Å². The number of H-pyrrole nitrogens is 1. The molecule has 0 fully saturated rings. The number of pyridine rings is 2. The summed E-state index contributed by atoms with van der Waals surface area (Å²) in [5, 5.41) is 3.08. The quantitative estimate of drug-likeness (QED) is 0.736. The molecule has 1 amide bonds. The lowest BCUT2D eigenvalue weighted by Crippen LogP contribution is -2.34. The number of amides is 1. The smallest absolute Gasteiger partial charge is 0.261 e. The second kappa shape index (κ2) is 7.43. The van der Waals surface area contributed by atoms with Crippen molar-refractivity contribution in [3.05, 3.63) is 98.2 Å². The van der Waals surface area contributed by atoms with Crippen molar-refractivity contribution in [2.24, 2.45) is 0 Å². The molecule has 2 N–H and O–H groups in total. The van der Waals surface area contributed by atoms with Gasteiger partial charge in [-0.2, -0.15) is 0 Å². The van der Waals surface area contributed by atoms with E-state index in [1.165, 1.54) is 0 Å². The Morgan fingerprint density at radius 1 is 1.11 bits per heavy atom. The Morgan fingerprint density at radius 2 is 1.89 bits per heavy atom. The van der Waals surface area contributed by atoms with Crippen LogP contribution in [0.2, 0.25) is 0 Å². The second-order valence-electron chi connectivity index (χ2n) is 7.42. The van der Waals surface area contributed by atoms with Gasteiger partial charge in [-0.25, -0.2) is 0 Å². The third-order valence-electron chi connectivity index (χ3n) is 5.39. The van der Waals surface area contributed by atoms with Gasteiger partial charge in [0.15, 0.2) is 0 Å². The monoisotopic (exact) mass is 373 g/mol. The first-order chi connectivity index (χ1) is 13.5. The summed E-state index contributed by atoms with van der Waals surface area (Å²) in [6.07, 6.45) is 6.20. The van der Waals surface area contributed by atoms with Crippen LogP contribution >= 0.6 is 0 Å². The minimum absolute atomic E-state index is 0.171. The molecular weight excluding hydrogens is 350 g/mol. The van der Waals surface area contributed by atoms with Gasteiger partial charge in [0.1, 0.15) is 5.56 Å². The van der Waals surface area contributed by atoms with Gasteiger partial charge in [0.2, 0.25) is 0 Å². The van der Waals surface area contributed by atoms with Crippen molar-refractivity contribution in [1.82, 2.24) is 15.3 Å². The highest BCUT2D eigenvalue weighted by Gasteiger charge is 2.23. The van der Waals surface area contributed by atoms with E-state index in [1.807, 2.05) is 32.0 Å². The molecule has 0 radical (unpaired) electrons. The number of nitrogens with one attached hydrogen (secondary N) is 2. The summed E-state index contributed by atoms with van der Waals surface area (Å²) in [4.78, 5) is 32.5. The predicted octanol–water partition coefficient (Wildman–Crippen LogP) is 3.39. The number of hydrogen-bond acceptors (Lipinski definition) is 3. The first-order valence-electron chi connectivity index (χ1n) is 9.56. The summed E-state index contributed by atoms with van der Waals surface area (Å²) in [5.74, 6) is -0.362. The molecule has 142 valence electrons. The van der Waals surface area contributed by atoms with Gasteiger partial charge in [-0.3, -0.25) is 14.6 Å². The highest BCUT2D eigenvalue weighted by atomic mass is 16.2. The van der Waals surface area contributed by atoms with E-state index in [0.717, 1.165) is 52.8 Å².